The molecule has 2 rings (SSSR count). The molecule has 0 fully saturated rings. The predicted molar refractivity (Wildman–Crippen MR) is 100 cm³/mol. The molecule has 2 aromatic rings. The van der Waals surface area contributed by atoms with E-state index in [1.165, 1.54) is 5.56 Å². The second-order valence-electron chi connectivity index (χ2n) is 5.71. The molecule has 2 N–H and O–H groups in total. The van der Waals surface area contributed by atoms with Crippen molar-refractivity contribution in [2.75, 3.05) is 31.5 Å². The van der Waals surface area contributed by atoms with E-state index in [1.54, 1.807) is 18.3 Å². The van der Waals surface area contributed by atoms with Crippen molar-refractivity contribution < 1.29 is 9.53 Å². The van der Waals surface area contributed by atoms with Crippen molar-refractivity contribution >= 4 is 11.7 Å². The maximum absolute atomic E-state index is 11.9. The lowest BCUT2D eigenvalue weighted by Gasteiger charge is -2.18. The van der Waals surface area contributed by atoms with Gasteiger partial charge < -0.3 is 20.3 Å². The zero-order chi connectivity index (χ0) is 18.1. The van der Waals surface area contributed by atoms with Crippen LogP contribution in [0.2, 0.25) is 0 Å². The Balaban J connectivity index is 1.79. The molecule has 0 saturated heterocycles. The number of hydrogen-bond acceptors (Lipinski definition) is 4. The van der Waals surface area contributed by atoms with Gasteiger partial charge in [0.1, 0.15) is 5.75 Å². The fourth-order valence-corrected chi connectivity index (χ4v) is 2.28. The van der Waals surface area contributed by atoms with Gasteiger partial charge in [0.05, 0.1) is 11.9 Å². The molecule has 6 heteroatoms. The largest absolute Gasteiger partial charge is 0.439 e. The van der Waals surface area contributed by atoms with Crippen LogP contribution in [0.1, 0.15) is 19.4 Å². The monoisotopic (exact) mass is 342 g/mol. The first-order valence-electron chi connectivity index (χ1n) is 8.58. The number of nitrogens with one attached hydrogen (secondary N) is 2. The highest BCUT2D eigenvalue weighted by Crippen LogP contribution is 2.20. The number of aryl methyl sites for hydroxylation is 1. The van der Waals surface area contributed by atoms with Crippen molar-refractivity contribution in [1.29, 1.82) is 0 Å². The van der Waals surface area contributed by atoms with Crippen molar-refractivity contribution in [2.45, 2.75) is 20.8 Å². The summed E-state index contributed by atoms with van der Waals surface area (Å²) in [6.07, 6.45) is 1.58. The molecule has 0 atom stereocenters. The van der Waals surface area contributed by atoms with E-state index in [0.29, 0.717) is 18.1 Å². The SMILES string of the molecule is CCN(CC)CCNC(=O)Nc1ccc(Oc2ccc(C)cc2)nc1. The lowest BCUT2D eigenvalue weighted by Crippen LogP contribution is -2.36. The van der Waals surface area contributed by atoms with Crippen LogP contribution < -0.4 is 15.4 Å². The third kappa shape index (κ3) is 6.43. The number of benzene rings is 1. The Bertz CT molecular complexity index is 652. The molecule has 0 aliphatic heterocycles. The molecule has 6 nitrogen and oxygen atoms in total. The summed E-state index contributed by atoms with van der Waals surface area (Å²) in [6.45, 7) is 9.64. The summed E-state index contributed by atoms with van der Waals surface area (Å²) in [5.41, 5.74) is 1.79. The average molecular weight is 342 g/mol. The summed E-state index contributed by atoms with van der Waals surface area (Å²) >= 11 is 0. The highest BCUT2D eigenvalue weighted by Gasteiger charge is 2.04. The molecule has 1 aromatic heterocycles. The maximum atomic E-state index is 11.9. The number of carbonyl (C=O) groups is 1. The van der Waals surface area contributed by atoms with Gasteiger partial charge in [-0.2, -0.15) is 0 Å². The summed E-state index contributed by atoms with van der Waals surface area (Å²) in [7, 11) is 0. The second-order valence-corrected chi connectivity index (χ2v) is 5.71. The van der Waals surface area contributed by atoms with Crippen LogP contribution in [0, 0.1) is 6.92 Å². The molecule has 0 spiro atoms. The quantitative estimate of drug-likeness (QED) is 0.768. The number of aromatic nitrogens is 1. The highest BCUT2D eigenvalue weighted by atomic mass is 16.5. The fourth-order valence-electron chi connectivity index (χ4n) is 2.28. The number of pyridine rings is 1. The van der Waals surface area contributed by atoms with E-state index < -0.39 is 0 Å². The van der Waals surface area contributed by atoms with Gasteiger partial charge in [-0.1, -0.05) is 31.5 Å². The Morgan fingerprint density at radius 1 is 1.12 bits per heavy atom. The second kappa shape index (κ2) is 9.64. The van der Waals surface area contributed by atoms with Gasteiger partial charge in [0.25, 0.3) is 0 Å². The highest BCUT2D eigenvalue weighted by molar-refractivity contribution is 5.88. The average Bonchev–Trinajstić information content (AvgIpc) is 2.62. The minimum atomic E-state index is -0.235. The molecule has 0 aliphatic carbocycles. The van der Waals surface area contributed by atoms with Gasteiger partial charge in [0, 0.05) is 19.2 Å². The van der Waals surface area contributed by atoms with Crippen molar-refractivity contribution in [1.82, 2.24) is 15.2 Å². The summed E-state index contributed by atoms with van der Waals surface area (Å²) in [5, 5.41) is 5.60. The normalized spacial score (nSPS) is 10.6. The molecule has 134 valence electrons. The molecular formula is C19H26N4O2. The van der Waals surface area contributed by atoms with Gasteiger partial charge in [-0.25, -0.2) is 9.78 Å². The van der Waals surface area contributed by atoms with Gasteiger partial charge in [-0.3, -0.25) is 0 Å². The molecule has 25 heavy (non-hydrogen) atoms. The number of anilines is 1. The van der Waals surface area contributed by atoms with Gasteiger partial charge in [-0.15, -0.1) is 0 Å². The van der Waals surface area contributed by atoms with E-state index in [4.69, 9.17) is 4.74 Å². The minimum absolute atomic E-state index is 0.235. The zero-order valence-electron chi connectivity index (χ0n) is 15.1. The van der Waals surface area contributed by atoms with Crippen LogP contribution >= 0.6 is 0 Å². The molecular weight excluding hydrogens is 316 g/mol. The number of rotatable bonds is 8. The molecule has 1 aromatic carbocycles. The molecule has 2 amide bonds. The number of hydrogen-bond donors (Lipinski definition) is 2. The van der Waals surface area contributed by atoms with E-state index >= 15 is 0 Å². The summed E-state index contributed by atoms with van der Waals surface area (Å²) < 4.78 is 5.66. The van der Waals surface area contributed by atoms with Gasteiger partial charge >= 0.3 is 6.03 Å². The van der Waals surface area contributed by atoms with Crippen LogP contribution in [-0.2, 0) is 0 Å². The number of ether oxygens (including phenoxy) is 1. The Morgan fingerprint density at radius 3 is 2.44 bits per heavy atom. The van der Waals surface area contributed by atoms with Crippen molar-refractivity contribution in [3.05, 3.63) is 48.2 Å². The van der Waals surface area contributed by atoms with Crippen LogP contribution in [-0.4, -0.2) is 42.1 Å². The van der Waals surface area contributed by atoms with Crippen molar-refractivity contribution in [3.63, 3.8) is 0 Å². The van der Waals surface area contributed by atoms with E-state index in [-0.39, 0.29) is 6.03 Å². The van der Waals surface area contributed by atoms with Crippen molar-refractivity contribution in [3.8, 4) is 11.6 Å². The summed E-state index contributed by atoms with van der Waals surface area (Å²) in [5.74, 6) is 1.21. The number of likely N-dealkylation sites (N-methyl/N-ethyl adjacent to an activating group) is 1. The first kappa shape index (κ1) is 18.7. The maximum Gasteiger partial charge on any atom is 0.319 e. The molecule has 0 unspecified atom stereocenters. The Labute approximate surface area is 149 Å². The van der Waals surface area contributed by atoms with Crippen LogP contribution in [0.3, 0.4) is 0 Å². The van der Waals surface area contributed by atoms with Gasteiger partial charge in [0.2, 0.25) is 5.88 Å². The summed E-state index contributed by atoms with van der Waals surface area (Å²) in [4.78, 5) is 18.3. The lowest BCUT2D eigenvalue weighted by molar-refractivity contribution is 0.248. The number of urea groups is 1. The lowest BCUT2D eigenvalue weighted by atomic mass is 10.2. The van der Waals surface area contributed by atoms with E-state index in [9.17, 15) is 4.79 Å². The molecule has 0 aliphatic rings. The Kier molecular flexibility index (Phi) is 7.22. The third-order valence-electron chi connectivity index (χ3n) is 3.85. The van der Waals surface area contributed by atoms with E-state index in [2.05, 4.69) is 34.4 Å². The van der Waals surface area contributed by atoms with Crippen LogP contribution in [0.4, 0.5) is 10.5 Å². The number of amides is 2. The number of nitrogens with zero attached hydrogens (tertiary/aromatic N) is 2. The Morgan fingerprint density at radius 2 is 1.84 bits per heavy atom. The van der Waals surface area contributed by atoms with Crippen LogP contribution in [0.5, 0.6) is 11.6 Å². The van der Waals surface area contributed by atoms with Crippen molar-refractivity contribution in [2.24, 2.45) is 0 Å². The Hall–Kier alpha value is -2.60. The topological polar surface area (TPSA) is 66.5 Å². The smallest absolute Gasteiger partial charge is 0.319 e. The fraction of sp³-hybridized carbons (Fsp3) is 0.368. The van der Waals surface area contributed by atoms with E-state index in [0.717, 1.165) is 25.4 Å². The van der Waals surface area contributed by atoms with Crippen LogP contribution in [0.25, 0.3) is 0 Å². The molecule has 0 radical (unpaired) electrons. The van der Waals surface area contributed by atoms with Gasteiger partial charge in [0.15, 0.2) is 0 Å². The number of carbonyl (C=O) groups excluding carboxylic acids is 1. The zero-order valence-corrected chi connectivity index (χ0v) is 15.1. The first-order chi connectivity index (χ1) is 12.1. The van der Waals surface area contributed by atoms with E-state index in [1.807, 2.05) is 31.2 Å². The van der Waals surface area contributed by atoms with Gasteiger partial charge in [-0.05, 0) is 38.2 Å². The standard InChI is InChI=1S/C19H26N4O2/c1-4-23(5-2)13-12-20-19(24)22-16-8-11-18(21-14-16)25-17-9-6-15(3)7-10-17/h6-11,14H,4-5,12-13H2,1-3H3,(H2,20,22,24). The third-order valence-corrected chi connectivity index (χ3v) is 3.85. The minimum Gasteiger partial charge on any atom is -0.439 e. The van der Waals surface area contributed by atoms with Crippen LogP contribution in [0.15, 0.2) is 42.6 Å². The molecule has 1 heterocycles. The predicted octanol–water partition coefficient (Wildman–Crippen LogP) is 3.65. The molecule has 0 saturated carbocycles. The summed E-state index contributed by atoms with van der Waals surface area (Å²) in [6, 6.07) is 11.0. The molecule has 0 bridgehead atoms. The first-order valence-corrected chi connectivity index (χ1v) is 8.58.